The molecule has 16 heavy (non-hydrogen) atoms. The summed E-state index contributed by atoms with van der Waals surface area (Å²) in [5, 5.41) is 25.0. The van der Waals surface area contributed by atoms with Crippen molar-refractivity contribution in [2.45, 2.75) is 13.7 Å². The van der Waals surface area contributed by atoms with Gasteiger partial charge in [-0.3, -0.25) is 0 Å². The third kappa shape index (κ3) is 2.49. The highest BCUT2D eigenvalue weighted by Crippen LogP contribution is 2.32. The van der Waals surface area contributed by atoms with Crippen LogP contribution in [-0.2, 0) is 0 Å². The first-order chi connectivity index (χ1) is 7.83. The molecule has 0 N–H and O–H groups in total. The van der Waals surface area contributed by atoms with Crippen LogP contribution in [0.15, 0.2) is 26.0 Å². The van der Waals surface area contributed by atoms with E-state index in [0.717, 1.165) is 8.68 Å². The lowest BCUT2D eigenvalue weighted by atomic mass is 10.3. The van der Waals surface area contributed by atoms with Crippen molar-refractivity contribution in [3.63, 3.8) is 0 Å². The fraction of sp³-hybridized carbons (Fsp3) is 0.125. The smallest absolute Gasteiger partial charge is 0.181 e. The number of rotatable bonds is 3. The zero-order valence-electron chi connectivity index (χ0n) is 8.12. The second kappa shape index (κ2) is 5.25. The summed E-state index contributed by atoms with van der Waals surface area (Å²) in [6.45, 7) is 0. The molecular formula is C8H5N5S3. The van der Waals surface area contributed by atoms with Crippen LogP contribution in [0.3, 0.4) is 0 Å². The van der Waals surface area contributed by atoms with Crippen molar-refractivity contribution in [1.82, 2.24) is 20.4 Å². The van der Waals surface area contributed by atoms with Gasteiger partial charge in [0.05, 0.1) is 11.8 Å². The molecular weight excluding hydrogens is 262 g/mol. The lowest BCUT2D eigenvalue weighted by Gasteiger charge is -1.95. The number of hydrogen-bond donors (Lipinski definition) is 0. The molecule has 0 atom stereocenters. The quantitative estimate of drug-likeness (QED) is 0.788. The molecule has 0 radical (unpaired) electrons. The van der Waals surface area contributed by atoms with Gasteiger partial charge in [0.2, 0.25) is 0 Å². The Kier molecular flexibility index (Phi) is 3.71. The van der Waals surface area contributed by atoms with Crippen molar-refractivity contribution >= 4 is 34.9 Å². The van der Waals surface area contributed by atoms with E-state index in [2.05, 4.69) is 26.5 Å². The first-order valence-corrected chi connectivity index (χ1v) is 6.96. The lowest BCUT2D eigenvalue weighted by Crippen LogP contribution is -1.88. The molecule has 0 aliphatic rings. The third-order valence-corrected chi connectivity index (χ3v) is 4.50. The van der Waals surface area contributed by atoms with Crippen molar-refractivity contribution in [3.8, 4) is 6.07 Å². The Morgan fingerprint density at radius 1 is 1.31 bits per heavy atom. The minimum atomic E-state index is 0.501. The van der Waals surface area contributed by atoms with Gasteiger partial charge in [-0.2, -0.15) is 10.4 Å². The van der Waals surface area contributed by atoms with Crippen LogP contribution in [-0.4, -0.2) is 26.7 Å². The van der Waals surface area contributed by atoms with Crippen LogP contribution >= 0.6 is 34.9 Å². The van der Waals surface area contributed by atoms with E-state index in [1.807, 2.05) is 6.26 Å². The van der Waals surface area contributed by atoms with Gasteiger partial charge in [0, 0.05) is 0 Å². The Morgan fingerprint density at radius 2 is 2.12 bits per heavy atom. The number of thioether (sulfide) groups is 1. The van der Waals surface area contributed by atoms with E-state index in [1.165, 1.54) is 29.3 Å². The summed E-state index contributed by atoms with van der Waals surface area (Å²) in [6.07, 6.45) is 3.44. The topological polar surface area (TPSA) is 75.3 Å². The molecule has 0 unspecified atom stereocenters. The van der Waals surface area contributed by atoms with Gasteiger partial charge in [-0.1, -0.05) is 23.1 Å². The highest BCUT2D eigenvalue weighted by Gasteiger charge is 2.10. The number of aromatic nitrogens is 4. The molecule has 0 aromatic carbocycles. The fourth-order valence-corrected chi connectivity index (χ4v) is 3.25. The lowest BCUT2D eigenvalue weighted by molar-refractivity contribution is 0.912. The van der Waals surface area contributed by atoms with Gasteiger partial charge in [-0.15, -0.1) is 15.3 Å². The minimum Gasteiger partial charge on any atom is -0.192 e. The van der Waals surface area contributed by atoms with Crippen molar-refractivity contribution in [1.29, 1.82) is 5.26 Å². The van der Waals surface area contributed by atoms with Crippen molar-refractivity contribution in [2.24, 2.45) is 0 Å². The molecule has 0 saturated carbocycles. The standard InChI is InChI=1S/C8H5N5S3/c1-14-7-12-13-8(16-7)15-6-5(4-9)2-3-10-11-6/h2-3H,1H3. The summed E-state index contributed by atoms with van der Waals surface area (Å²) in [4.78, 5) is 0. The molecule has 0 bridgehead atoms. The Bertz CT molecular complexity index is 532. The second-order valence-corrected chi connectivity index (χ2v) is 5.77. The SMILES string of the molecule is CSc1nnc(Sc2nnccc2C#N)s1. The van der Waals surface area contributed by atoms with Gasteiger partial charge in [0.1, 0.15) is 11.1 Å². The largest absolute Gasteiger partial charge is 0.192 e. The molecule has 5 nitrogen and oxygen atoms in total. The van der Waals surface area contributed by atoms with E-state index in [-0.39, 0.29) is 0 Å². The third-order valence-electron chi connectivity index (χ3n) is 1.55. The van der Waals surface area contributed by atoms with Crippen molar-refractivity contribution < 1.29 is 0 Å². The van der Waals surface area contributed by atoms with Gasteiger partial charge in [0.25, 0.3) is 0 Å². The van der Waals surface area contributed by atoms with Crippen LogP contribution < -0.4 is 0 Å². The van der Waals surface area contributed by atoms with Crippen LogP contribution in [0.1, 0.15) is 5.56 Å². The summed E-state index contributed by atoms with van der Waals surface area (Å²) in [5.74, 6) is 0. The maximum absolute atomic E-state index is 8.88. The van der Waals surface area contributed by atoms with Gasteiger partial charge < -0.3 is 0 Å². The highest BCUT2D eigenvalue weighted by atomic mass is 32.2. The first-order valence-electron chi connectivity index (χ1n) is 4.10. The van der Waals surface area contributed by atoms with E-state index in [1.54, 1.807) is 17.8 Å². The molecule has 0 saturated heterocycles. The molecule has 0 aliphatic heterocycles. The fourth-order valence-electron chi connectivity index (χ4n) is 0.883. The highest BCUT2D eigenvalue weighted by molar-refractivity contribution is 8.03. The van der Waals surface area contributed by atoms with Crippen molar-refractivity contribution in [3.05, 3.63) is 17.8 Å². The molecule has 2 heterocycles. The summed E-state index contributed by atoms with van der Waals surface area (Å²) < 4.78 is 1.66. The van der Waals surface area contributed by atoms with E-state index in [0.29, 0.717) is 10.6 Å². The van der Waals surface area contributed by atoms with Gasteiger partial charge in [-0.25, -0.2) is 0 Å². The minimum absolute atomic E-state index is 0.501. The van der Waals surface area contributed by atoms with E-state index in [9.17, 15) is 0 Å². The Labute approximate surface area is 104 Å². The Balaban J connectivity index is 2.24. The van der Waals surface area contributed by atoms with E-state index >= 15 is 0 Å². The number of nitrogens with zero attached hydrogens (tertiary/aromatic N) is 5. The molecule has 2 aromatic rings. The normalized spacial score (nSPS) is 10.0. The molecule has 0 amide bonds. The monoisotopic (exact) mass is 267 g/mol. The average molecular weight is 267 g/mol. The summed E-state index contributed by atoms with van der Waals surface area (Å²) in [5.41, 5.74) is 0.501. The van der Waals surface area contributed by atoms with Crippen LogP contribution in [0.5, 0.6) is 0 Å². The molecule has 2 aromatic heterocycles. The maximum atomic E-state index is 8.88. The second-order valence-electron chi connectivity index (χ2n) is 2.50. The Hall–Kier alpha value is -1.17. The zero-order valence-corrected chi connectivity index (χ0v) is 10.6. The molecule has 0 spiro atoms. The van der Waals surface area contributed by atoms with Gasteiger partial charge >= 0.3 is 0 Å². The van der Waals surface area contributed by atoms with Gasteiger partial charge in [0.15, 0.2) is 8.68 Å². The average Bonchev–Trinajstić information content (AvgIpc) is 2.77. The molecule has 80 valence electrons. The van der Waals surface area contributed by atoms with Crippen LogP contribution in [0.2, 0.25) is 0 Å². The summed E-state index contributed by atoms with van der Waals surface area (Å²) >= 11 is 4.32. The van der Waals surface area contributed by atoms with E-state index in [4.69, 9.17) is 5.26 Å². The summed E-state index contributed by atoms with van der Waals surface area (Å²) in [7, 11) is 0. The van der Waals surface area contributed by atoms with Crippen molar-refractivity contribution in [2.75, 3.05) is 6.26 Å². The van der Waals surface area contributed by atoms with Crippen LogP contribution in [0.4, 0.5) is 0 Å². The zero-order chi connectivity index (χ0) is 11.4. The van der Waals surface area contributed by atoms with Crippen LogP contribution in [0, 0.1) is 11.3 Å². The molecule has 0 aliphatic carbocycles. The van der Waals surface area contributed by atoms with E-state index < -0.39 is 0 Å². The molecule has 8 heteroatoms. The summed E-state index contributed by atoms with van der Waals surface area (Å²) in [6, 6.07) is 3.70. The predicted octanol–water partition coefficient (Wildman–Crippen LogP) is 2.07. The molecule has 0 fully saturated rings. The first kappa shape index (κ1) is 11.3. The Morgan fingerprint density at radius 3 is 2.81 bits per heavy atom. The molecule has 2 rings (SSSR count). The maximum Gasteiger partial charge on any atom is 0.181 e. The van der Waals surface area contributed by atoms with Gasteiger partial charge in [-0.05, 0) is 24.1 Å². The predicted molar refractivity (Wildman–Crippen MR) is 62.6 cm³/mol. The number of nitriles is 1. The number of hydrogen-bond acceptors (Lipinski definition) is 8. The van der Waals surface area contributed by atoms with Crippen LogP contribution in [0.25, 0.3) is 0 Å².